The number of halogens is 1. The first kappa shape index (κ1) is 12.6. The lowest BCUT2D eigenvalue weighted by molar-refractivity contribution is -0.116. The van der Waals surface area contributed by atoms with Crippen molar-refractivity contribution in [2.45, 2.75) is 6.92 Å². The first-order valence-corrected chi connectivity index (χ1v) is 5.68. The van der Waals surface area contributed by atoms with Gasteiger partial charge in [0.2, 0.25) is 5.91 Å². The van der Waals surface area contributed by atoms with Crippen LogP contribution in [0, 0.1) is 0 Å². The Hall–Kier alpha value is -1.42. The highest BCUT2D eigenvalue weighted by atomic mass is 79.9. The Morgan fingerprint density at radius 1 is 1.25 bits per heavy atom. The average molecular weight is 282 g/mol. The SMILES string of the molecule is CCNC(=O)/C=C/C(=O)c1ccc(Br)cc1. The molecular weight excluding hydrogens is 270 g/mol. The monoisotopic (exact) mass is 281 g/mol. The first-order valence-electron chi connectivity index (χ1n) is 4.89. The number of benzene rings is 1. The van der Waals surface area contributed by atoms with Crippen LogP contribution < -0.4 is 5.32 Å². The van der Waals surface area contributed by atoms with Crippen molar-refractivity contribution in [1.82, 2.24) is 5.32 Å². The van der Waals surface area contributed by atoms with Gasteiger partial charge in [0, 0.05) is 22.7 Å². The average Bonchev–Trinajstić information content (AvgIpc) is 2.27. The number of hydrogen-bond acceptors (Lipinski definition) is 2. The number of amides is 1. The second kappa shape index (κ2) is 6.23. The number of rotatable bonds is 4. The summed E-state index contributed by atoms with van der Waals surface area (Å²) in [5.74, 6) is -0.438. The normalized spacial score (nSPS) is 10.4. The van der Waals surface area contributed by atoms with E-state index in [0.717, 1.165) is 4.47 Å². The maximum Gasteiger partial charge on any atom is 0.244 e. The van der Waals surface area contributed by atoms with E-state index in [-0.39, 0.29) is 11.7 Å². The summed E-state index contributed by atoms with van der Waals surface area (Å²) in [5, 5.41) is 2.58. The smallest absolute Gasteiger partial charge is 0.244 e. The Kier molecular flexibility index (Phi) is 4.92. The van der Waals surface area contributed by atoms with Crippen molar-refractivity contribution >= 4 is 27.6 Å². The van der Waals surface area contributed by atoms with Crippen LogP contribution in [0.5, 0.6) is 0 Å². The summed E-state index contributed by atoms with van der Waals surface area (Å²) in [6.07, 6.45) is 2.52. The zero-order valence-corrected chi connectivity index (χ0v) is 10.5. The third kappa shape index (κ3) is 3.98. The first-order chi connectivity index (χ1) is 7.63. The van der Waals surface area contributed by atoms with E-state index >= 15 is 0 Å². The van der Waals surface area contributed by atoms with E-state index in [1.54, 1.807) is 24.3 Å². The van der Waals surface area contributed by atoms with Gasteiger partial charge in [-0.25, -0.2) is 0 Å². The van der Waals surface area contributed by atoms with Crippen molar-refractivity contribution in [2.24, 2.45) is 0 Å². The van der Waals surface area contributed by atoms with E-state index in [9.17, 15) is 9.59 Å². The molecule has 0 saturated carbocycles. The van der Waals surface area contributed by atoms with Gasteiger partial charge in [0.1, 0.15) is 0 Å². The molecule has 0 heterocycles. The third-order valence-electron chi connectivity index (χ3n) is 1.87. The van der Waals surface area contributed by atoms with Gasteiger partial charge in [-0.1, -0.05) is 15.9 Å². The molecule has 0 bridgehead atoms. The number of carbonyl (C=O) groups is 2. The van der Waals surface area contributed by atoms with Crippen LogP contribution in [0.2, 0.25) is 0 Å². The fraction of sp³-hybridized carbons (Fsp3) is 0.167. The van der Waals surface area contributed by atoms with Crippen molar-refractivity contribution < 1.29 is 9.59 Å². The molecule has 0 aliphatic rings. The molecule has 0 unspecified atom stereocenters. The fourth-order valence-corrected chi connectivity index (χ4v) is 1.36. The zero-order chi connectivity index (χ0) is 12.0. The van der Waals surface area contributed by atoms with Gasteiger partial charge in [0.25, 0.3) is 0 Å². The molecular formula is C12H12BrNO2. The zero-order valence-electron chi connectivity index (χ0n) is 8.87. The van der Waals surface area contributed by atoms with Crippen LogP contribution in [-0.4, -0.2) is 18.2 Å². The minimum atomic E-state index is -0.257. The Morgan fingerprint density at radius 3 is 2.44 bits per heavy atom. The molecule has 0 saturated heterocycles. The van der Waals surface area contributed by atoms with Gasteiger partial charge in [-0.2, -0.15) is 0 Å². The molecule has 0 fully saturated rings. The molecule has 0 radical (unpaired) electrons. The molecule has 0 spiro atoms. The largest absolute Gasteiger partial charge is 0.353 e. The molecule has 0 aromatic heterocycles. The number of nitrogens with one attached hydrogen (secondary N) is 1. The topological polar surface area (TPSA) is 46.2 Å². The predicted octanol–water partition coefficient (Wildman–Crippen LogP) is 2.32. The molecule has 16 heavy (non-hydrogen) atoms. The van der Waals surface area contributed by atoms with Crippen molar-refractivity contribution in [2.75, 3.05) is 6.54 Å². The summed E-state index contributed by atoms with van der Waals surface area (Å²) >= 11 is 3.28. The number of likely N-dealkylation sites (N-methyl/N-ethyl adjacent to an activating group) is 1. The number of allylic oxidation sites excluding steroid dienone is 1. The van der Waals surface area contributed by atoms with Crippen LogP contribution in [0.25, 0.3) is 0 Å². The Labute approximate surface area is 103 Å². The van der Waals surface area contributed by atoms with Gasteiger partial charge in [0.15, 0.2) is 5.78 Å². The van der Waals surface area contributed by atoms with Gasteiger partial charge in [-0.15, -0.1) is 0 Å². The van der Waals surface area contributed by atoms with E-state index in [1.807, 2.05) is 6.92 Å². The van der Waals surface area contributed by atoms with E-state index in [0.29, 0.717) is 12.1 Å². The Balaban J connectivity index is 2.65. The minimum absolute atomic E-state index is 0.182. The molecule has 1 aromatic carbocycles. The van der Waals surface area contributed by atoms with Crippen LogP contribution in [0.4, 0.5) is 0 Å². The van der Waals surface area contributed by atoms with Crippen molar-refractivity contribution in [1.29, 1.82) is 0 Å². The lowest BCUT2D eigenvalue weighted by Gasteiger charge is -1.96. The van der Waals surface area contributed by atoms with Gasteiger partial charge in [0.05, 0.1) is 0 Å². The van der Waals surface area contributed by atoms with E-state index in [4.69, 9.17) is 0 Å². The summed E-state index contributed by atoms with van der Waals surface area (Å²) < 4.78 is 0.914. The van der Waals surface area contributed by atoms with Crippen LogP contribution in [0.1, 0.15) is 17.3 Å². The molecule has 84 valence electrons. The summed E-state index contributed by atoms with van der Waals surface area (Å²) in [5.41, 5.74) is 0.559. The molecule has 1 amide bonds. The Morgan fingerprint density at radius 2 is 1.88 bits per heavy atom. The number of carbonyl (C=O) groups excluding carboxylic acids is 2. The van der Waals surface area contributed by atoms with Crippen LogP contribution in [0.15, 0.2) is 40.9 Å². The molecule has 1 N–H and O–H groups in total. The van der Waals surface area contributed by atoms with Crippen LogP contribution >= 0.6 is 15.9 Å². The summed E-state index contributed by atoms with van der Waals surface area (Å²) in [6.45, 7) is 2.37. The van der Waals surface area contributed by atoms with Crippen LogP contribution in [-0.2, 0) is 4.79 Å². The molecule has 0 aliphatic heterocycles. The maximum atomic E-state index is 11.6. The van der Waals surface area contributed by atoms with Gasteiger partial charge in [-0.3, -0.25) is 9.59 Å². The predicted molar refractivity (Wildman–Crippen MR) is 66.3 cm³/mol. The standard InChI is InChI=1S/C12H12BrNO2/c1-2-14-12(16)8-7-11(15)9-3-5-10(13)6-4-9/h3-8H,2H2,1H3,(H,14,16)/b8-7+. The molecule has 0 aliphatic carbocycles. The second-order valence-corrected chi connectivity index (χ2v) is 4.01. The van der Waals surface area contributed by atoms with Gasteiger partial charge < -0.3 is 5.32 Å². The second-order valence-electron chi connectivity index (χ2n) is 3.10. The Bertz CT molecular complexity index is 410. The maximum absolute atomic E-state index is 11.6. The number of hydrogen-bond donors (Lipinski definition) is 1. The molecule has 4 heteroatoms. The summed E-state index contributed by atoms with van der Waals surface area (Å²) in [4.78, 5) is 22.7. The highest BCUT2D eigenvalue weighted by Crippen LogP contribution is 2.11. The van der Waals surface area contributed by atoms with Crippen molar-refractivity contribution in [3.05, 3.63) is 46.5 Å². The minimum Gasteiger partial charge on any atom is -0.353 e. The van der Waals surface area contributed by atoms with Crippen molar-refractivity contribution in [3.63, 3.8) is 0 Å². The van der Waals surface area contributed by atoms with Gasteiger partial charge >= 0.3 is 0 Å². The van der Waals surface area contributed by atoms with E-state index in [2.05, 4.69) is 21.2 Å². The molecule has 1 rings (SSSR count). The molecule has 3 nitrogen and oxygen atoms in total. The van der Waals surface area contributed by atoms with Crippen molar-refractivity contribution in [3.8, 4) is 0 Å². The van der Waals surface area contributed by atoms with E-state index in [1.165, 1.54) is 12.2 Å². The number of ketones is 1. The van der Waals surface area contributed by atoms with Gasteiger partial charge in [-0.05, 0) is 37.3 Å². The highest BCUT2D eigenvalue weighted by Gasteiger charge is 2.01. The lowest BCUT2D eigenvalue weighted by atomic mass is 10.1. The fourth-order valence-electron chi connectivity index (χ4n) is 1.09. The summed E-state index contributed by atoms with van der Waals surface area (Å²) in [7, 11) is 0. The quantitative estimate of drug-likeness (QED) is 0.680. The molecule has 1 aromatic rings. The highest BCUT2D eigenvalue weighted by molar-refractivity contribution is 9.10. The lowest BCUT2D eigenvalue weighted by Crippen LogP contribution is -2.20. The van der Waals surface area contributed by atoms with Crippen LogP contribution in [0.3, 0.4) is 0 Å². The summed E-state index contributed by atoms with van der Waals surface area (Å²) in [6, 6.07) is 6.98. The van der Waals surface area contributed by atoms with E-state index < -0.39 is 0 Å². The third-order valence-corrected chi connectivity index (χ3v) is 2.39. The molecule has 0 atom stereocenters.